The third kappa shape index (κ3) is 3.37. The first-order valence-corrected chi connectivity index (χ1v) is 6.31. The maximum Gasteiger partial charge on any atom is 0.213 e. The summed E-state index contributed by atoms with van der Waals surface area (Å²) >= 11 is 0. The lowest BCUT2D eigenvalue weighted by Crippen LogP contribution is -2.01. The lowest BCUT2D eigenvalue weighted by molar-refractivity contribution is 0.327. The van der Waals surface area contributed by atoms with Gasteiger partial charge in [-0.15, -0.1) is 0 Å². The number of nitrogens with one attached hydrogen (secondary N) is 1. The SMILES string of the molecule is CCOc1ccc(NCc2cccc(C)c2O)cn1. The molecule has 0 amide bonds. The summed E-state index contributed by atoms with van der Waals surface area (Å²) in [5.74, 6) is 0.959. The molecule has 0 saturated heterocycles. The van der Waals surface area contributed by atoms with Crippen molar-refractivity contribution in [1.29, 1.82) is 0 Å². The molecule has 0 atom stereocenters. The van der Waals surface area contributed by atoms with Gasteiger partial charge in [-0.1, -0.05) is 18.2 Å². The molecule has 0 fully saturated rings. The molecule has 0 spiro atoms. The van der Waals surface area contributed by atoms with Crippen molar-refractivity contribution in [2.24, 2.45) is 0 Å². The number of phenols is 1. The molecular formula is C15H18N2O2. The van der Waals surface area contributed by atoms with E-state index in [2.05, 4.69) is 10.3 Å². The molecule has 0 radical (unpaired) electrons. The van der Waals surface area contributed by atoms with Crippen molar-refractivity contribution >= 4 is 5.69 Å². The van der Waals surface area contributed by atoms with Gasteiger partial charge >= 0.3 is 0 Å². The maximum absolute atomic E-state index is 9.91. The molecule has 1 aromatic carbocycles. The van der Waals surface area contributed by atoms with E-state index in [9.17, 15) is 5.11 Å². The van der Waals surface area contributed by atoms with Gasteiger partial charge in [-0.2, -0.15) is 0 Å². The molecule has 4 heteroatoms. The van der Waals surface area contributed by atoms with Crippen LogP contribution < -0.4 is 10.1 Å². The molecule has 4 nitrogen and oxygen atoms in total. The Hall–Kier alpha value is -2.23. The van der Waals surface area contributed by atoms with Crippen LogP contribution in [-0.4, -0.2) is 16.7 Å². The van der Waals surface area contributed by atoms with E-state index >= 15 is 0 Å². The summed E-state index contributed by atoms with van der Waals surface area (Å²) in [4.78, 5) is 4.17. The molecule has 19 heavy (non-hydrogen) atoms. The van der Waals surface area contributed by atoms with Gasteiger partial charge in [-0.05, 0) is 25.5 Å². The van der Waals surface area contributed by atoms with Gasteiger partial charge < -0.3 is 15.2 Å². The van der Waals surface area contributed by atoms with Gasteiger partial charge in [-0.3, -0.25) is 0 Å². The van der Waals surface area contributed by atoms with Crippen LogP contribution in [0.25, 0.3) is 0 Å². The number of benzene rings is 1. The van der Waals surface area contributed by atoms with Crippen LogP contribution in [0.1, 0.15) is 18.1 Å². The van der Waals surface area contributed by atoms with E-state index in [1.54, 1.807) is 6.20 Å². The molecule has 0 aliphatic rings. The second-order valence-corrected chi connectivity index (χ2v) is 4.25. The van der Waals surface area contributed by atoms with E-state index in [1.165, 1.54) is 0 Å². The number of anilines is 1. The number of hydrogen-bond acceptors (Lipinski definition) is 4. The fraction of sp³-hybridized carbons (Fsp3) is 0.267. The minimum absolute atomic E-state index is 0.342. The fourth-order valence-corrected chi connectivity index (χ4v) is 1.78. The molecule has 0 unspecified atom stereocenters. The number of pyridine rings is 1. The molecule has 0 saturated carbocycles. The van der Waals surface area contributed by atoms with E-state index in [0.717, 1.165) is 16.8 Å². The number of phenolic OH excluding ortho intramolecular Hbond substituents is 1. The predicted octanol–water partition coefficient (Wildman–Crippen LogP) is 3.11. The van der Waals surface area contributed by atoms with Gasteiger partial charge in [0.2, 0.25) is 5.88 Å². The Morgan fingerprint density at radius 2 is 2.11 bits per heavy atom. The number of para-hydroxylation sites is 1. The van der Waals surface area contributed by atoms with E-state index < -0.39 is 0 Å². The Labute approximate surface area is 113 Å². The summed E-state index contributed by atoms with van der Waals surface area (Å²) < 4.78 is 5.28. The molecule has 2 N–H and O–H groups in total. The highest BCUT2D eigenvalue weighted by Gasteiger charge is 2.03. The van der Waals surface area contributed by atoms with Gasteiger partial charge in [0.05, 0.1) is 18.5 Å². The number of rotatable bonds is 5. The van der Waals surface area contributed by atoms with Crippen LogP contribution in [0.5, 0.6) is 11.6 Å². The Balaban J connectivity index is 2.00. The predicted molar refractivity (Wildman–Crippen MR) is 75.6 cm³/mol. The molecule has 0 bridgehead atoms. The summed E-state index contributed by atoms with van der Waals surface area (Å²) in [7, 11) is 0. The largest absolute Gasteiger partial charge is 0.507 e. The minimum atomic E-state index is 0.342. The number of aryl methyl sites for hydroxylation is 1. The second kappa shape index (κ2) is 6.09. The van der Waals surface area contributed by atoms with Gasteiger partial charge in [0, 0.05) is 18.2 Å². The zero-order valence-corrected chi connectivity index (χ0v) is 11.2. The quantitative estimate of drug-likeness (QED) is 0.865. The third-order valence-corrected chi connectivity index (χ3v) is 2.83. The van der Waals surface area contributed by atoms with Crippen molar-refractivity contribution in [3.05, 3.63) is 47.7 Å². The van der Waals surface area contributed by atoms with Gasteiger partial charge in [0.15, 0.2) is 0 Å². The van der Waals surface area contributed by atoms with E-state index in [0.29, 0.717) is 24.8 Å². The summed E-state index contributed by atoms with van der Waals surface area (Å²) in [6.45, 7) is 4.98. The number of ether oxygens (including phenoxy) is 1. The standard InChI is InChI=1S/C15H18N2O2/c1-3-19-14-8-7-13(10-17-14)16-9-12-6-4-5-11(2)15(12)18/h4-8,10,16,18H,3,9H2,1-2H3. The molecule has 2 rings (SSSR count). The monoisotopic (exact) mass is 258 g/mol. The lowest BCUT2D eigenvalue weighted by Gasteiger charge is -2.10. The van der Waals surface area contributed by atoms with Crippen LogP contribution in [0.15, 0.2) is 36.5 Å². The fourth-order valence-electron chi connectivity index (χ4n) is 1.78. The van der Waals surface area contributed by atoms with E-state index in [-0.39, 0.29) is 0 Å². The van der Waals surface area contributed by atoms with E-state index in [4.69, 9.17) is 4.74 Å². The lowest BCUT2D eigenvalue weighted by atomic mass is 10.1. The Morgan fingerprint density at radius 1 is 1.26 bits per heavy atom. The minimum Gasteiger partial charge on any atom is -0.507 e. The molecule has 100 valence electrons. The first-order chi connectivity index (χ1) is 9.20. The van der Waals surface area contributed by atoms with Crippen molar-refractivity contribution in [2.75, 3.05) is 11.9 Å². The zero-order valence-electron chi connectivity index (χ0n) is 11.2. The zero-order chi connectivity index (χ0) is 13.7. The molecule has 2 aromatic rings. The Morgan fingerprint density at radius 3 is 2.79 bits per heavy atom. The first-order valence-electron chi connectivity index (χ1n) is 6.31. The van der Waals surface area contributed by atoms with Crippen LogP contribution in [0, 0.1) is 6.92 Å². The van der Waals surface area contributed by atoms with Crippen molar-refractivity contribution in [3.63, 3.8) is 0 Å². The van der Waals surface area contributed by atoms with Crippen LogP contribution in [0.3, 0.4) is 0 Å². The Bertz CT molecular complexity index is 538. The van der Waals surface area contributed by atoms with Crippen LogP contribution in [0.2, 0.25) is 0 Å². The average molecular weight is 258 g/mol. The van der Waals surface area contributed by atoms with Crippen molar-refractivity contribution in [3.8, 4) is 11.6 Å². The topological polar surface area (TPSA) is 54.4 Å². The van der Waals surface area contributed by atoms with E-state index in [1.807, 2.05) is 44.2 Å². The molecule has 1 heterocycles. The summed E-state index contributed by atoms with van der Waals surface area (Å²) in [6, 6.07) is 9.45. The van der Waals surface area contributed by atoms with Crippen LogP contribution in [-0.2, 0) is 6.54 Å². The number of hydrogen-bond donors (Lipinski definition) is 2. The number of aromatic nitrogens is 1. The molecule has 0 aliphatic heterocycles. The molecular weight excluding hydrogens is 240 g/mol. The first kappa shape index (κ1) is 13.2. The van der Waals surface area contributed by atoms with Crippen LogP contribution in [0.4, 0.5) is 5.69 Å². The second-order valence-electron chi connectivity index (χ2n) is 4.25. The highest BCUT2D eigenvalue weighted by molar-refractivity contribution is 5.46. The van der Waals surface area contributed by atoms with Crippen LogP contribution >= 0.6 is 0 Å². The normalized spacial score (nSPS) is 10.2. The Kier molecular flexibility index (Phi) is 4.23. The molecule has 1 aromatic heterocycles. The smallest absolute Gasteiger partial charge is 0.213 e. The van der Waals surface area contributed by atoms with Gasteiger partial charge in [0.1, 0.15) is 5.75 Å². The summed E-state index contributed by atoms with van der Waals surface area (Å²) in [5, 5.41) is 13.1. The highest BCUT2D eigenvalue weighted by Crippen LogP contribution is 2.22. The van der Waals surface area contributed by atoms with Gasteiger partial charge in [0.25, 0.3) is 0 Å². The van der Waals surface area contributed by atoms with Gasteiger partial charge in [-0.25, -0.2) is 4.98 Å². The summed E-state index contributed by atoms with van der Waals surface area (Å²) in [6.07, 6.45) is 1.72. The average Bonchev–Trinajstić information content (AvgIpc) is 2.42. The highest BCUT2D eigenvalue weighted by atomic mass is 16.5. The van der Waals surface area contributed by atoms with Crippen molar-refractivity contribution in [1.82, 2.24) is 4.98 Å². The van der Waals surface area contributed by atoms with Crippen molar-refractivity contribution in [2.45, 2.75) is 20.4 Å². The molecule has 0 aliphatic carbocycles. The number of nitrogens with zero attached hydrogens (tertiary/aromatic N) is 1. The number of aromatic hydroxyl groups is 1. The van der Waals surface area contributed by atoms with Crippen molar-refractivity contribution < 1.29 is 9.84 Å². The maximum atomic E-state index is 9.91. The third-order valence-electron chi connectivity index (χ3n) is 2.83. The summed E-state index contributed by atoms with van der Waals surface area (Å²) in [5.41, 5.74) is 2.64.